The van der Waals surface area contributed by atoms with Crippen LogP contribution in [0.15, 0.2) is 30.3 Å². The van der Waals surface area contributed by atoms with Crippen LogP contribution in [0.3, 0.4) is 0 Å². The number of Topliss-reactive ketones (excluding diaryl/α,β-unsaturated/α-hetero) is 1. The fourth-order valence-electron chi connectivity index (χ4n) is 3.21. The Labute approximate surface area is 111 Å². The molecule has 0 aliphatic heterocycles. The molecule has 1 aromatic carbocycles. The first-order valence-corrected chi connectivity index (χ1v) is 7.16. The minimum Gasteiger partial charge on any atom is -0.299 e. The van der Waals surface area contributed by atoms with Crippen molar-refractivity contribution in [3.63, 3.8) is 0 Å². The lowest BCUT2D eigenvalue weighted by Gasteiger charge is -2.25. The van der Waals surface area contributed by atoms with Gasteiger partial charge in [0.25, 0.3) is 0 Å². The summed E-state index contributed by atoms with van der Waals surface area (Å²) in [6, 6.07) is 10.5. The number of aryl methyl sites for hydroxylation is 1. The third-order valence-corrected chi connectivity index (χ3v) is 4.38. The molecule has 1 atom stereocenters. The first kappa shape index (κ1) is 13.3. The van der Waals surface area contributed by atoms with E-state index in [2.05, 4.69) is 38.1 Å². The molecule has 1 heteroatoms. The third kappa shape index (κ3) is 3.22. The van der Waals surface area contributed by atoms with E-state index in [1.165, 1.54) is 18.4 Å². The zero-order valence-corrected chi connectivity index (χ0v) is 11.6. The molecule has 2 rings (SSSR count). The molecular weight excluding hydrogens is 220 g/mol. The Kier molecular flexibility index (Phi) is 4.21. The second-order valence-electron chi connectivity index (χ2n) is 6.24. The highest BCUT2D eigenvalue weighted by Crippen LogP contribution is 2.43. The van der Waals surface area contributed by atoms with Gasteiger partial charge in [-0.2, -0.15) is 0 Å². The van der Waals surface area contributed by atoms with Crippen molar-refractivity contribution in [2.24, 2.45) is 11.3 Å². The van der Waals surface area contributed by atoms with Gasteiger partial charge in [0.05, 0.1) is 0 Å². The first-order valence-electron chi connectivity index (χ1n) is 7.16. The summed E-state index contributed by atoms with van der Waals surface area (Å²) in [6.07, 6.45) is 6.32. The molecule has 0 saturated heterocycles. The largest absolute Gasteiger partial charge is 0.299 e. The standard InChI is InChI=1S/C17H24O/c1-17(2)13-7-11-15(17)16(18)12-6-10-14-8-4-3-5-9-14/h3-5,8-9,15H,6-7,10-13H2,1-2H3. The maximum Gasteiger partial charge on any atom is 0.136 e. The van der Waals surface area contributed by atoms with E-state index in [1.807, 2.05) is 6.07 Å². The van der Waals surface area contributed by atoms with Gasteiger partial charge < -0.3 is 0 Å². The van der Waals surface area contributed by atoms with E-state index in [9.17, 15) is 4.79 Å². The quantitative estimate of drug-likeness (QED) is 0.750. The van der Waals surface area contributed by atoms with Crippen LogP contribution < -0.4 is 0 Å². The summed E-state index contributed by atoms with van der Waals surface area (Å²) < 4.78 is 0. The third-order valence-electron chi connectivity index (χ3n) is 4.38. The molecule has 1 nitrogen and oxygen atoms in total. The van der Waals surface area contributed by atoms with Crippen LogP contribution in [0.25, 0.3) is 0 Å². The van der Waals surface area contributed by atoms with E-state index in [0.29, 0.717) is 11.7 Å². The SMILES string of the molecule is CC1(C)CCCC1C(=O)CCCc1ccccc1. The molecule has 1 aromatic rings. The highest BCUT2D eigenvalue weighted by atomic mass is 16.1. The molecule has 1 aliphatic carbocycles. The predicted octanol–water partition coefficient (Wildman–Crippen LogP) is 4.40. The van der Waals surface area contributed by atoms with Crippen molar-refractivity contribution in [3.05, 3.63) is 35.9 Å². The van der Waals surface area contributed by atoms with Gasteiger partial charge in [0.15, 0.2) is 0 Å². The van der Waals surface area contributed by atoms with Gasteiger partial charge in [-0.25, -0.2) is 0 Å². The molecule has 0 aromatic heterocycles. The molecule has 0 bridgehead atoms. The lowest BCUT2D eigenvalue weighted by molar-refractivity contribution is -0.125. The zero-order valence-electron chi connectivity index (χ0n) is 11.6. The maximum atomic E-state index is 12.3. The van der Waals surface area contributed by atoms with Gasteiger partial charge in [0, 0.05) is 12.3 Å². The molecule has 0 heterocycles. The van der Waals surface area contributed by atoms with Gasteiger partial charge in [-0.3, -0.25) is 4.79 Å². The lowest BCUT2D eigenvalue weighted by atomic mass is 9.78. The van der Waals surface area contributed by atoms with E-state index in [4.69, 9.17) is 0 Å². The topological polar surface area (TPSA) is 17.1 Å². The van der Waals surface area contributed by atoms with Crippen molar-refractivity contribution >= 4 is 5.78 Å². The Morgan fingerprint density at radius 2 is 2.00 bits per heavy atom. The summed E-state index contributed by atoms with van der Waals surface area (Å²) in [5, 5.41) is 0. The molecule has 1 unspecified atom stereocenters. The predicted molar refractivity (Wildman–Crippen MR) is 75.5 cm³/mol. The van der Waals surface area contributed by atoms with Crippen molar-refractivity contribution in [3.8, 4) is 0 Å². The average Bonchev–Trinajstić information content (AvgIpc) is 2.70. The number of ketones is 1. The highest BCUT2D eigenvalue weighted by Gasteiger charge is 2.38. The Morgan fingerprint density at radius 1 is 1.28 bits per heavy atom. The zero-order chi connectivity index (χ0) is 13.0. The molecule has 0 radical (unpaired) electrons. The second kappa shape index (κ2) is 5.69. The summed E-state index contributed by atoms with van der Waals surface area (Å²) in [7, 11) is 0. The van der Waals surface area contributed by atoms with Crippen molar-refractivity contribution in [1.29, 1.82) is 0 Å². The first-order chi connectivity index (χ1) is 8.59. The Bertz CT molecular complexity index is 391. The molecule has 1 aliphatic rings. The van der Waals surface area contributed by atoms with Gasteiger partial charge in [-0.05, 0) is 36.7 Å². The van der Waals surface area contributed by atoms with E-state index in [-0.39, 0.29) is 5.41 Å². The second-order valence-corrected chi connectivity index (χ2v) is 6.24. The highest BCUT2D eigenvalue weighted by molar-refractivity contribution is 5.82. The molecule has 1 fully saturated rings. The molecule has 0 spiro atoms. The number of rotatable bonds is 5. The molecule has 0 N–H and O–H groups in total. The van der Waals surface area contributed by atoms with Crippen LogP contribution in [0.2, 0.25) is 0 Å². The molecular formula is C17H24O. The number of hydrogen-bond acceptors (Lipinski definition) is 1. The van der Waals surface area contributed by atoms with Gasteiger partial charge in [-0.1, -0.05) is 50.6 Å². The van der Waals surface area contributed by atoms with Crippen LogP contribution in [-0.4, -0.2) is 5.78 Å². The summed E-state index contributed by atoms with van der Waals surface area (Å²) in [5.41, 5.74) is 1.58. The van der Waals surface area contributed by atoms with Gasteiger partial charge in [-0.15, -0.1) is 0 Å². The van der Waals surface area contributed by atoms with Crippen LogP contribution >= 0.6 is 0 Å². The molecule has 1 saturated carbocycles. The minimum atomic E-state index is 0.240. The van der Waals surface area contributed by atoms with Crippen LogP contribution in [0.5, 0.6) is 0 Å². The Morgan fingerprint density at radius 3 is 2.61 bits per heavy atom. The van der Waals surface area contributed by atoms with Crippen LogP contribution in [-0.2, 0) is 11.2 Å². The maximum absolute atomic E-state index is 12.3. The molecule has 18 heavy (non-hydrogen) atoms. The van der Waals surface area contributed by atoms with Crippen molar-refractivity contribution < 1.29 is 4.79 Å². The number of hydrogen-bond donors (Lipinski definition) is 0. The molecule has 0 amide bonds. The summed E-state index contributed by atoms with van der Waals surface area (Å²) >= 11 is 0. The van der Waals surface area contributed by atoms with Crippen LogP contribution in [0, 0.1) is 11.3 Å². The van der Waals surface area contributed by atoms with Crippen LogP contribution in [0.4, 0.5) is 0 Å². The van der Waals surface area contributed by atoms with Crippen molar-refractivity contribution in [2.75, 3.05) is 0 Å². The Hall–Kier alpha value is -1.11. The smallest absolute Gasteiger partial charge is 0.136 e. The molecule has 98 valence electrons. The van der Waals surface area contributed by atoms with Crippen molar-refractivity contribution in [2.45, 2.75) is 52.4 Å². The number of carbonyl (C=O) groups is 1. The summed E-state index contributed by atoms with van der Waals surface area (Å²) in [4.78, 5) is 12.3. The van der Waals surface area contributed by atoms with Crippen LogP contribution in [0.1, 0.15) is 51.5 Å². The summed E-state index contributed by atoms with van der Waals surface area (Å²) in [5.74, 6) is 0.807. The fourth-order valence-corrected chi connectivity index (χ4v) is 3.21. The van der Waals surface area contributed by atoms with E-state index >= 15 is 0 Å². The van der Waals surface area contributed by atoms with Gasteiger partial charge >= 0.3 is 0 Å². The fraction of sp³-hybridized carbons (Fsp3) is 0.588. The Balaban J connectivity index is 1.79. The van der Waals surface area contributed by atoms with Crippen molar-refractivity contribution in [1.82, 2.24) is 0 Å². The number of benzene rings is 1. The minimum absolute atomic E-state index is 0.240. The summed E-state index contributed by atoms with van der Waals surface area (Å²) in [6.45, 7) is 4.50. The monoisotopic (exact) mass is 244 g/mol. The lowest BCUT2D eigenvalue weighted by Crippen LogP contribution is -2.25. The number of carbonyl (C=O) groups excluding carboxylic acids is 1. The average molecular weight is 244 g/mol. The van der Waals surface area contributed by atoms with Gasteiger partial charge in [0.2, 0.25) is 0 Å². The van der Waals surface area contributed by atoms with Gasteiger partial charge in [0.1, 0.15) is 5.78 Å². The normalized spacial score (nSPS) is 22.0. The van der Waals surface area contributed by atoms with E-state index in [0.717, 1.165) is 25.7 Å². The van der Waals surface area contributed by atoms with E-state index < -0.39 is 0 Å². The van der Waals surface area contributed by atoms with E-state index in [1.54, 1.807) is 0 Å².